The first-order chi connectivity index (χ1) is 8.36. The van der Waals surface area contributed by atoms with Crippen molar-refractivity contribution in [1.82, 2.24) is 10.2 Å². The topological polar surface area (TPSA) is 15.3 Å². The Labute approximate surface area is 105 Å². The molecule has 0 aromatic heterocycles. The van der Waals surface area contributed by atoms with Gasteiger partial charge in [-0.1, -0.05) is 38.1 Å². The Bertz CT molecular complexity index is 343. The molecule has 0 bridgehead atoms. The molecule has 2 heteroatoms. The predicted octanol–water partition coefficient (Wildman–Crippen LogP) is 2.95. The molecule has 0 spiro atoms. The van der Waals surface area contributed by atoms with Gasteiger partial charge in [-0.2, -0.15) is 0 Å². The first kappa shape index (κ1) is 12.6. The molecule has 17 heavy (non-hydrogen) atoms. The van der Waals surface area contributed by atoms with E-state index in [-0.39, 0.29) is 0 Å². The summed E-state index contributed by atoms with van der Waals surface area (Å²) in [6.45, 7) is 9.06. The third kappa shape index (κ3) is 2.88. The van der Waals surface area contributed by atoms with E-state index in [0.29, 0.717) is 6.04 Å². The SMILES string of the molecule is CCCN(CCC)C1CNCc2ccccc21. The molecular formula is C15H24N2. The lowest BCUT2D eigenvalue weighted by Crippen LogP contribution is -2.40. The third-order valence-corrected chi connectivity index (χ3v) is 3.53. The van der Waals surface area contributed by atoms with Crippen molar-refractivity contribution in [1.29, 1.82) is 0 Å². The van der Waals surface area contributed by atoms with Gasteiger partial charge in [0.15, 0.2) is 0 Å². The summed E-state index contributed by atoms with van der Waals surface area (Å²) in [5, 5.41) is 3.55. The normalized spacial score (nSPS) is 19.4. The van der Waals surface area contributed by atoms with Crippen molar-refractivity contribution >= 4 is 0 Å². The highest BCUT2D eigenvalue weighted by atomic mass is 15.2. The zero-order valence-electron chi connectivity index (χ0n) is 11.1. The number of rotatable bonds is 5. The van der Waals surface area contributed by atoms with Crippen molar-refractivity contribution in [2.45, 2.75) is 39.3 Å². The molecule has 2 nitrogen and oxygen atoms in total. The third-order valence-electron chi connectivity index (χ3n) is 3.53. The Morgan fingerprint density at radius 3 is 2.59 bits per heavy atom. The summed E-state index contributed by atoms with van der Waals surface area (Å²) < 4.78 is 0. The van der Waals surface area contributed by atoms with Gasteiger partial charge in [-0.15, -0.1) is 0 Å². The summed E-state index contributed by atoms with van der Waals surface area (Å²) in [6.07, 6.45) is 2.47. The van der Waals surface area contributed by atoms with Gasteiger partial charge in [-0.3, -0.25) is 4.90 Å². The molecule has 1 N–H and O–H groups in total. The number of hydrogen-bond donors (Lipinski definition) is 1. The van der Waals surface area contributed by atoms with Crippen LogP contribution in [-0.4, -0.2) is 24.5 Å². The van der Waals surface area contributed by atoms with Gasteiger partial charge in [0, 0.05) is 19.1 Å². The summed E-state index contributed by atoms with van der Waals surface area (Å²) in [5.41, 5.74) is 3.01. The second-order valence-electron chi connectivity index (χ2n) is 4.88. The van der Waals surface area contributed by atoms with Crippen molar-refractivity contribution in [3.05, 3.63) is 35.4 Å². The van der Waals surface area contributed by atoms with Gasteiger partial charge in [0.25, 0.3) is 0 Å². The second-order valence-corrected chi connectivity index (χ2v) is 4.88. The summed E-state index contributed by atoms with van der Waals surface area (Å²) in [4.78, 5) is 2.63. The molecule has 2 rings (SSSR count). The molecule has 0 radical (unpaired) electrons. The fourth-order valence-electron chi connectivity index (χ4n) is 2.80. The fraction of sp³-hybridized carbons (Fsp3) is 0.600. The smallest absolute Gasteiger partial charge is 0.0475 e. The van der Waals surface area contributed by atoms with Crippen LogP contribution in [0, 0.1) is 0 Å². The van der Waals surface area contributed by atoms with Crippen LogP contribution < -0.4 is 5.32 Å². The standard InChI is InChI=1S/C15H24N2/c1-3-9-17(10-4-2)15-12-16-11-13-7-5-6-8-14(13)15/h5-8,15-16H,3-4,9-12H2,1-2H3. The Morgan fingerprint density at radius 2 is 1.88 bits per heavy atom. The Morgan fingerprint density at radius 1 is 1.18 bits per heavy atom. The lowest BCUT2D eigenvalue weighted by molar-refractivity contribution is 0.185. The van der Waals surface area contributed by atoms with E-state index in [9.17, 15) is 0 Å². The number of nitrogens with one attached hydrogen (secondary N) is 1. The van der Waals surface area contributed by atoms with Crippen LogP contribution in [0.1, 0.15) is 43.9 Å². The predicted molar refractivity (Wildman–Crippen MR) is 73.0 cm³/mol. The van der Waals surface area contributed by atoms with E-state index in [2.05, 4.69) is 48.3 Å². The second kappa shape index (κ2) is 6.18. The van der Waals surface area contributed by atoms with Crippen LogP contribution >= 0.6 is 0 Å². The van der Waals surface area contributed by atoms with E-state index < -0.39 is 0 Å². The highest BCUT2D eigenvalue weighted by Crippen LogP contribution is 2.27. The molecule has 94 valence electrons. The summed E-state index contributed by atoms with van der Waals surface area (Å²) >= 11 is 0. The van der Waals surface area contributed by atoms with Gasteiger partial charge < -0.3 is 5.32 Å². The van der Waals surface area contributed by atoms with E-state index in [1.165, 1.54) is 37.1 Å². The van der Waals surface area contributed by atoms with E-state index in [4.69, 9.17) is 0 Å². The molecule has 1 aromatic rings. The number of fused-ring (bicyclic) bond motifs is 1. The molecule has 0 fully saturated rings. The maximum absolute atomic E-state index is 3.55. The molecule has 1 heterocycles. The molecule has 0 saturated carbocycles. The number of benzene rings is 1. The average molecular weight is 232 g/mol. The minimum atomic E-state index is 0.569. The monoisotopic (exact) mass is 232 g/mol. The van der Waals surface area contributed by atoms with Crippen LogP contribution in [0.4, 0.5) is 0 Å². The molecular weight excluding hydrogens is 208 g/mol. The van der Waals surface area contributed by atoms with Crippen molar-refractivity contribution < 1.29 is 0 Å². The lowest BCUT2D eigenvalue weighted by Gasteiger charge is -2.36. The minimum absolute atomic E-state index is 0.569. The zero-order chi connectivity index (χ0) is 12.1. The Balaban J connectivity index is 2.20. The van der Waals surface area contributed by atoms with E-state index in [1.54, 1.807) is 0 Å². The van der Waals surface area contributed by atoms with Crippen LogP contribution in [0.15, 0.2) is 24.3 Å². The number of hydrogen-bond acceptors (Lipinski definition) is 2. The van der Waals surface area contributed by atoms with Crippen molar-refractivity contribution in [2.75, 3.05) is 19.6 Å². The van der Waals surface area contributed by atoms with Gasteiger partial charge in [0.1, 0.15) is 0 Å². The average Bonchev–Trinajstić information content (AvgIpc) is 2.38. The van der Waals surface area contributed by atoms with Gasteiger partial charge in [0.05, 0.1) is 0 Å². The molecule has 0 amide bonds. The maximum Gasteiger partial charge on any atom is 0.0475 e. The maximum atomic E-state index is 3.55. The summed E-state index contributed by atoms with van der Waals surface area (Å²) in [5.74, 6) is 0. The van der Waals surface area contributed by atoms with Crippen molar-refractivity contribution in [3.8, 4) is 0 Å². The highest BCUT2D eigenvalue weighted by molar-refractivity contribution is 5.32. The van der Waals surface area contributed by atoms with Crippen LogP contribution in [-0.2, 0) is 6.54 Å². The molecule has 1 atom stereocenters. The van der Waals surface area contributed by atoms with E-state index in [1.807, 2.05) is 0 Å². The number of nitrogens with zero attached hydrogens (tertiary/aromatic N) is 1. The highest BCUT2D eigenvalue weighted by Gasteiger charge is 2.24. The molecule has 0 saturated heterocycles. The fourth-order valence-corrected chi connectivity index (χ4v) is 2.80. The molecule has 0 aliphatic carbocycles. The molecule has 1 aromatic carbocycles. The Hall–Kier alpha value is -0.860. The van der Waals surface area contributed by atoms with Gasteiger partial charge >= 0.3 is 0 Å². The van der Waals surface area contributed by atoms with Gasteiger partial charge in [-0.05, 0) is 37.1 Å². The molecule has 1 unspecified atom stereocenters. The lowest BCUT2D eigenvalue weighted by atomic mass is 9.95. The minimum Gasteiger partial charge on any atom is -0.311 e. The van der Waals surface area contributed by atoms with E-state index in [0.717, 1.165) is 13.1 Å². The Kier molecular flexibility index (Phi) is 4.57. The summed E-state index contributed by atoms with van der Waals surface area (Å²) in [6, 6.07) is 9.45. The van der Waals surface area contributed by atoms with Gasteiger partial charge in [-0.25, -0.2) is 0 Å². The van der Waals surface area contributed by atoms with Crippen molar-refractivity contribution in [2.24, 2.45) is 0 Å². The quantitative estimate of drug-likeness (QED) is 0.839. The first-order valence-corrected chi connectivity index (χ1v) is 6.89. The summed E-state index contributed by atoms with van der Waals surface area (Å²) in [7, 11) is 0. The van der Waals surface area contributed by atoms with Crippen LogP contribution in [0.25, 0.3) is 0 Å². The zero-order valence-corrected chi connectivity index (χ0v) is 11.1. The largest absolute Gasteiger partial charge is 0.311 e. The van der Waals surface area contributed by atoms with Gasteiger partial charge in [0.2, 0.25) is 0 Å². The van der Waals surface area contributed by atoms with Crippen LogP contribution in [0.5, 0.6) is 0 Å². The molecule has 1 aliphatic rings. The van der Waals surface area contributed by atoms with E-state index >= 15 is 0 Å². The van der Waals surface area contributed by atoms with Crippen LogP contribution in [0.3, 0.4) is 0 Å². The van der Waals surface area contributed by atoms with Crippen LogP contribution in [0.2, 0.25) is 0 Å². The molecule has 1 aliphatic heterocycles. The first-order valence-electron chi connectivity index (χ1n) is 6.89. The van der Waals surface area contributed by atoms with Crippen molar-refractivity contribution in [3.63, 3.8) is 0 Å².